The topological polar surface area (TPSA) is 64.2 Å². The molecule has 1 aliphatic rings. The van der Waals surface area contributed by atoms with Crippen molar-refractivity contribution in [1.82, 2.24) is 9.55 Å². The van der Waals surface area contributed by atoms with Crippen molar-refractivity contribution in [2.24, 2.45) is 0 Å². The van der Waals surface area contributed by atoms with Crippen LogP contribution in [-0.4, -0.2) is 16.1 Å². The minimum atomic E-state index is -0.0343. The number of hydrogen-bond acceptors (Lipinski definition) is 4. The van der Waals surface area contributed by atoms with Gasteiger partial charge in [-0.05, 0) is 30.5 Å². The van der Waals surface area contributed by atoms with E-state index in [9.17, 15) is 4.79 Å². The molecule has 0 bridgehead atoms. The minimum Gasteiger partial charge on any atom is -0.398 e. The Bertz CT molecular complexity index is 693. The summed E-state index contributed by atoms with van der Waals surface area (Å²) in [5, 5.41) is 0. The Morgan fingerprint density at radius 2 is 2.25 bits per heavy atom. The maximum absolute atomic E-state index is 12.3. The van der Waals surface area contributed by atoms with Gasteiger partial charge in [0.1, 0.15) is 0 Å². The molecule has 0 aliphatic carbocycles. The minimum absolute atomic E-state index is 0.0343. The van der Waals surface area contributed by atoms with Crippen molar-refractivity contribution in [3.8, 4) is 0 Å². The van der Waals surface area contributed by atoms with Crippen LogP contribution in [0.5, 0.6) is 0 Å². The number of aromatic nitrogens is 2. The first-order valence-electron chi connectivity index (χ1n) is 6.87. The van der Waals surface area contributed by atoms with Crippen LogP contribution in [-0.2, 0) is 19.5 Å². The van der Waals surface area contributed by atoms with Crippen LogP contribution in [0.2, 0.25) is 0 Å². The van der Waals surface area contributed by atoms with Crippen LogP contribution in [0.15, 0.2) is 35.4 Å². The van der Waals surface area contributed by atoms with Gasteiger partial charge in [-0.25, -0.2) is 4.98 Å². The Kier molecular flexibility index (Phi) is 3.18. The number of nitrogens with two attached hydrogens (primary N) is 1. The molecule has 3 rings (SSSR count). The number of nitrogen functional groups attached to an aromatic ring is 1. The van der Waals surface area contributed by atoms with Crippen LogP contribution < -0.4 is 16.2 Å². The van der Waals surface area contributed by atoms with Crippen molar-refractivity contribution in [3.63, 3.8) is 0 Å². The lowest BCUT2D eigenvalue weighted by Crippen LogP contribution is -2.37. The number of rotatable bonds is 2. The zero-order valence-electron chi connectivity index (χ0n) is 11.5. The summed E-state index contributed by atoms with van der Waals surface area (Å²) in [5.74, 6) is 0.517. The monoisotopic (exact) mass is 270 g/mol. The predicted molar refractivity (Wildman–Crippen MR) is 79.8 cm³/mol. The molecule has 0 radical (unpaired) electrons. The van der Waals surface area contributed by atoms with E-state index < -0.39 is 0 Å². The largest absolute Gasteiger partial charge is 0.398 e. The number of fused-ring (bicyclic) bond motifs is 1. The van der Waals surface area contributed by atoms with Gasteiger partial charge in [-0.15, -0.1) is 0 Å². The van der Waals surface area contributed by atoms with E-state index in [0.29, 0.717) is 18.9 Å². The maximum Gasteiger partial charge on any atom is 0.293 e. The van der Waals surface area contributed by atoms with Gasteiger partial charge in [0.15, 0.2) is 5.82 Å². The SMILES string of the molecule is CCn1ccnc(N2CCc3cccc(N)c3C2)c1=O. The van der Waals surface area contributed by atoms with E-state index in [2.05, 4.69) is 11.1 Å². The van der Waals surface area contributed by atoms with E-state index in [0.717, 1.165) is 24.2 Å². The normalized spacial score (nSPS) is 14.2. The summed E-state index contributed by atoms with van der Waals surface area (Å²) in [7, 11) is 0. The zero-order chi connectivity index (χ0) is 14.1. The fourth-order valence-corrected chi connectivity index (χ4v) is 2.69. The molecule has 1 aromatic heterocycles. The Labute approximate surface area is 117 Å². The second-order valence-electron chi connectivity index (χ2n) is 5.00. The Morgan fingerprint density at radius 1 is 1.40 bits per heavy atom. The summed E-state index contributed by atoms with van der Waals surface area (Å²) in [6.07, 6.45) is 4.30. The van der Waals surface area contributed by atoms with Crippen LogP contribution in [0.25, 0.3) is 0 Å². The fourth-order valence-electron chi connectivity index (χ4n) is 2.69. The lowest BCUT2D eigenvalue weighted by atomic mass is 9.98. The van der Waals surface area contributed by atoms with Gasteiger partial charge in [0.05, 0.1) is 0 Å². The number of anilines is 2. The molecule has 2 heterocycles. The molecule has 0 amide bonds. The average molecular weight is 270 g/mol. The molecule has 0 unspecified atom stereocenters. The van der Waals surface area contributed by atoms with E-state index >= 15 is 0 Å². The van der Waals surface area contributed by atoms with Gasteiger partial charge in [-0.1, -0.05) is 12.1 Å². The predicted octanol–water partition coefficient (Wildman–Crippen LogP) is 1.41. The van der Waals surface area contributed by atoms with E-state index in [4.69, 9.17) is 5.73 Å². The summed E-state index contributed by atoms with van der Waals surface area (Å²) in [6.45, 7) is 4.06. The van der Waals surface area contributed by atoms with Crippen LogP contribution in [0.3, 0.4) is 0 Å². The summed E-state index contributed by atoms with van der Waals surface area (Å²) in [6, 6.07) is 5.99. The molecule has 5 nitrogen and oxygen atoms in total. The molecule has 1 aliphatic heterocycles. The maximum atomic E-state index is 12.3. The van der Waals surface area contributed by atoms with E-state index in [1.54, 1.807) is 17.0 Å². The third kappa shape index (κ3) is 2.05. The molecular weight excluding hydrogens is 252 g/mol. The first-order valence-corrected chi connectivity index (χ1v) is 6.87. The second-order valence-corrected chi connectivity index (χ2v) is 5.00. The van der Waals surface area contributed by atoms with Gasteiger partial charge in [0, 0.05) is 37.7 Å². The lowest BCUT2D eigenvalue weighted by molar-refractivity contribution is 0.676. The van der Waals surface area contributed by atoms with E-state index in [-0.39, 0.29) is 5.56 Å². The van der Waals surface area contributed by atoms with Crippen molar-refractivity contribution in [1.29, 1.82) is 0 Å². The molecule has 2 N–H and O–H groups in total. The Hall–Kier alpha value is -2.30. The van der Waals surface area contributed by atoms with Crippen LogP contribution in [0.1, 0.15) is 18.1 Å². The molecule has 104 valence electrons. The Morgan fingerprint density at radius 3 is 3.05 bits per heavy atom. The third-order valence-electron chi connectivity index (χ3n) is 3.85. The standard InChI is InChI=1S/C15H18N4O/c1-2-18-9-7-17-14(15(18)20)19-8-6-11-4-3-5-13(16)12(11)10-19/h3-5,7,9H,2,6,8,10,16H2,1H3. The van der Waals surface area contributed by atoms with Gasteiger partial charge < -0.3 is 15.2 Å². The number of nitrogens with zero attached hydrogens (tertiary/aromatic N) is 3. The van der Waals surface area contributed by atoms with Gasteiger partial charge in [-0.2, -0.15) is 0 Å². The molecule has 0 saturated carbocycles. The van der Waals surface area contributed by atoms with E-state index in [1.807, 2.05) is 24.0 Å². The molecule has 0 atom stereocenters. The Balaban J connectivity index is 1.99. The lowest BCUT2D eigenvalue weighted by Gasteiger charge is -2.30. The van der Waals surface area contributed by atoms with Crippen molar-refractivity contribution in [2.75, 3.05) is 17.2 Å². The molecule has 2 aromatic rings. The number of aryl methyl sites for hydroxylation is 1. The molecule has 0 spiro atoms. The zero-order valence-corrected chi connectivity index (χ0v) is 11.5. The van der Waals surface area contributed by atoms with Gasteiger partial charge in [0.2, 0.25) is 0 Å². The number of benzene rings is 1. The van der Waals surface area contributed by atoms with Crippen molar-refractivity contribution < 1.29 is 0 Å². The quantitative estimate of drug-likeness (QED) is 0.838. The molecular formula is C15H18N4O. The first kappa shape index (κ1) is 12.7. The van der Waals surface area contributed by atoms with Crippen LogP contribution in [0, 0.1) is 0 Å². The molecule has 1 aromatic carbocycles. The highest BCUT2D eigenvalue weighted by Gasteiger charge is 2.21. The van der Waals surface area contributed by atoms with Gasteiger partial charge in [0.25, 0.3) is 5.56 Å². The summed E-state index contributed by atoms with van der Waals surface area (Å²) in [4.78, 5) is 18.6. The smallest absolute Gasteiger partial charge is 0.293 e. The summed E-state index contributed by atoms with van der Waals surface area (Å²) >= 11 is 0. The first-order chi connectivity index (χ1) is 9.70. The van der Waals surface area contributed by atoms with E-state index in [1.165, 1.54) is 5.56 Å². The second kappa shape index (κ2) is 5.00. The van der Waals surface area contributed by atoms with Crippen LogP contribution in [0.4, 0.5) is 11.5 Å². The summed E-state index contributed by atoms with van der Waals surface area (Å²) < 4.78 is 1.67. The number of hydrogen-bond donors (Lipinski definition) is 1. The van der Waals surface area contributed by atoms with Crippen molar-refractivity contribution >= 4 is 11.5 Å². The van der Waals surface area contributed by atoms with Crippen molar-refractivity contribution in [2.45, 2.75) is 26.4 Å². The van der Waals surface area contributed by atoms with Gasteiger partial charge in [-0.3, -0.25) is 4.79 Å². The van der Waals surface area contributed by atoms with Gasteiger partial charge >= 0.3 is 0 Å². The molecule has 5 heteroatoms. The average Bonchev–Trinajstić information content (AvgIpc) is 2.48. The van der Waals surface area contributed by atoms with Crippen molar-refractivity contribution in [3.05, 3.63) is 52.1 Å². The molecule has 0 saturated heterocycles. The fraction of sp³-hybridized carbons (Fsp3) is 0.333. The highest BCUT2D eigenvalue weighted by molar-refractivity contribution is 5.55. The van der Waals surface area contributed by atoms with Crippen LogP contribution >= 0.6 is 0 Å². The summed E-state index contributed by atoms with van der Waals surface area (Å²) in [5.41, 5.74) is 9.19. The third-order valence-corrected chi connectivity index (χ3v) is 3.85. The highest BCUT2D eigenvalue weighted by Crippen LogP contribution is 2.25. The highest BCUT2D eigenvalue weighted by atomic mass is 16.1. The molecule has 20 heavy (non-hydrogen) atoms. The molecule has 0 fully saturated rings.